The molecule has 9 nitrogen and oxygen atoms in total. The Hall–Kier alpha value is -3.49. The number of ether oxygens (including phenoxy) is 4. The van der Waals surface area contributed by atoms with Gasteiger partial charge in [0.15, 0.2) is 18.1 Å². The molecule has 1 amide bonds. The highest BCUT2D eigenvalue weighted by Gasteiger charge is 2.15. The molecule has 0 aliphatic carbocycles. The molecule has 0 aromatic heterocycles. The maximum atomic E-state index is 12.1. The van der Waals surface area contributed by atoms with Crippen LogP contribution in [0.1, 0.15) is 0 Å². The van der Waals surface area contributed by atoms with Crippen LogP contribution in [0.25, 0.3) is 0 Å². The summed E-state index contributed by atoms with van der Waals surface area (Å²) in [6.07, 6.45) is 0. The lowest BCUT2D eigenvalue weighted by atomic mass is 10.2. The van der Waals surface area contributed by atoms with Crippen molar-refractivity contribution in [3.63, 3.8) is 0 Å². The molecule has 0 saturated heterocycles. The van der Waals surface area contributed by atoms with Crippen molar-refractivity contribution in [2.45, 2.75) is 0 Å². The predicted octanol–water partition coefficient (Wildman–Crippen LogP) is 2.64. The lowest BCUT2D eigenvalue weighted by molar-refractivity contribution is -0.385. The Labute approximate surface area is 149 Å². The minimum absolute atomic E-state index is 0.0959. The van der Waals surface area contributed by atoms with Crippen LogP contribution >= 0.6 is 0 Å². The molecule has 0 spiro atoms. The third-order valence-corrected chi connectivity index (χ3v) is 3.40. The molecule has 0 aliphatic rings. The third-order valence-electron chi connectivity index (χ3n) is 3.40. The quantitative estimate of drug-likeness (QED) is 0.568. The van der Waals surface area contributed by atoms with Crippen LogP contribution in [-0.2, 0) is 4.79 Å². The molecule has 0 radical (unpaired) electrons. The number of rotatable bonds is 8. The highest BCUT2D eigenvalue weighted by Crippen LogP contribution is 2.31. The number of anilines is 1. The number of hydrogen-bond acceptors (Lipinski definition) is 7. The summed E-state index contributed by atoms with van der Waals surface area (Å²) < 4.78 is 20.7. The summed E-state index contributed by atoms with van der Waals surface area (Å²) in [4.78, 5) is 22.4. The third kappa shape index (κ3) is 4.53. The van der Waals surface area contributed by atoms with Gasteiger partial charge in [-0.3, -0.25) is 14.9 Å². The fraction of sp³-hybridized carbons (Fsp3) is 0.235. The first kappa shape index (κ1) is 18.8. The van der Waals surface area contributed by atoms with E-state index in [2.05, 4.69) is 5.32 Å². The van der Waals surface area contributed by atoms with E-state index in [1.54, 1.807) is 18.2 Å². The Morgan fingerprint density at radius 3 is 2.35 bits per heavy atom. The number of benzene rings is 2. The molecule has 0 heterocycles. The van der Waals surface area contributed by atoms with Gasteiger partial charge in [0.25, 0.3) is 11.6 Å². The molecular formula is C17H18N2O7. The Bertz CT molecular complexity index is 808. The van der Waals surface area contributed by atoms with Crippen LogP contribution in [0.2, 0.25) is 0 Å². The van der Waals surface area contributed by atoms with Crippen LogP contribution in [0.3, 0.4) is 0 Å². The van der Waals surface area contributed by atoms with Gasteiger partial charge in [0.2, 0.25) is 0 Å². The van der Waals surface area contributed by atoms with Gasteiger partial charge in [-0.1, -0.05) is 0 Å². The molecule has 2 aromatic carbocycles. The predicted molar refractivity (Wildman–Crippen MR) is 93.3 cm³/mol. The number of amides is 1. The van der Waals surface area contributed by atoms with Crippen molar-refractivity contribution in [2.75, 3.05) is 33.3 Å². The largest absolute Gasteiger partial charge is 0.497 e. The molecule has 1 N–H and O–H groups in total. The lowest BCUT2D eigenvalue weighted by Crippen LogP contribution is -2.20. The molecule has 0 fully saturated rings. The summed E-state index contributed by atoms with van der Waals surface area (Å²) in [5, 5.41) is 13.5. The number of carbonyl (C=O) groups is 1. The second-order valence-corrected chi connectivity index (χ2v) is 5.00. The molecule has 9 heteroatoms. The monoisotopic (exact) mass is 362 g/mol. The number of hydrogen-bond donors (Lipinski definition) is 1. The molecule has 0 bridgehead atoms. The first-order valence-electron chi connectivity index (χ1n) is 7.45. The van der Waals surface area contributed by atoms with Crippen molar-refractivity contribution in [1.82, 2.24) is 0 Å². The van der Waals surface area contributed by atoms with Crippen molar-refractivity contribution in [3.05, 3.63) is 46.5 Å². The first-order chi connectivity index (χ1) is 12.5. The normalized spacial score (nSPS) is 9.96. The molecule has 138 valence electrons. The first-order valence-corrected chi connectivity index (χ1v) is 7.45. The number of nitro groups is 1. The lowest BCUT2D eigenvalue weighted by Gasteiger charge is -2.13. The van der Waals surface area contributed by atoms with Gasteiger partial charge in [-0.05, 0) is 18.2 Å². The van der Waals surface area contributed by atoms with E-state index in [0.29, 0.717) is 17.2 Å². The maximum absolute atomic E-state index is 12.1. The maximum Gasteiger partial charge on any atom is 0.273 e. The van der Waals surface area contributed by atoms with E-state index in [9.17, 15) is 14.9 Å². The van der Waals surface area contributed by atoms with Gasteiger partial charge in [-0.2, -0.15) is 0 Å². The Morgan fingerprint density at radius 2 is 1.73 bits per heavy atom. The number of non-ortho nitro benzene ring substituents is 1. The molecule has 2 rings (SSSR count). The molecule has 0 aliphatic heterocycles. The van der Waals surface area contributed by atoms with Crippen LogP contribution in [0, 0.1) is 10.1 Å². The average molecular weight is 362 g/mol. The van der Waals surface area contributed by atoms with Gasteiger partial charge in [0.1, 0.15) is 11.5 Å². The van der Waals surface area contributed by atoms with Crippen molar-refractivity contribution >= 4 is 17.3 Å². The Balaban J connectivity index is 2.07. The van der Waals surface area contributed by atoms with Gasteiger partial charge in [-0.15, -0.1) is 0 Å². The topological polar surface area (TPSA) is 109 Å². The van der Waals surface area contributed by atoms with Gasteiger partial charge in [0.05, 0.1) is 38.0 Å². The van der Waals surface area contributed by atoms with Crippen molar-refractivity contribution in [2.24, 2.45) is 0 Å². The zero-order valence-corrected chi connectivity index (χ0v) is 14.5. The number of nitro benzene ring substituents is 1. The van der Waals surface area contributed by atoms with Crippen molar-refractivity contribution < 1.29 is 28.7 Å². The summed E-state index contributed by atoms with van der Waals surface area (Å²) >= 11 is 0. The molecule has 0 unspecified atom stereocenters. The van der Waals surface area contributed by atoms with E-state index in [4.69, 9.17) is 18.9 Å². The zero-order chi connectivity index (χ0) is 19.1. The highest BCUT2D eigenvalue weighted by atomic mass is 16.6. The molecular weight excluding hydrogens is 344 g/mol. The molecule has 0 saturated carbocycles. The molecule has 26 heavy (non-hydrogen) atoms. The Kier molecular flexibility index (Phi) is 6.20. The summed E-state index contributed by atoms with van der Waals surface area (Å²) in [7, 11) is 4.39. The van der Waals surface area contributed by atoms with Crippen molar-refractivity contribution in [3.8, 4) is 23.0 Å². The number of methoxy groups -OCH3 is 3. The van der Waals surface area contributed by atoms with E-state index < -0.39 is 10.8 Å². The van der Waals surface area contributed by atoms with Crippen LogP contribution in [0.15, 0.2) is 36.4 Å². The summed E-state index contributed by atoms with van der Waals surface area (Å²) in [6.45, 7) is -0.368. The van der Waals surface area contributed by atoms with E-state index in [1.165, 1.54) is 39.5 Å². The SMILES string of the molecule is COc1ccc(NC(=O)COc2cc([N+](=O)[O-])ccc2OC)c(OC)c1. The minimum atomic E-state index is -0.561. The number of carbonyl (C=O) groups excluding carboxylic acids is 1. The molecule has 0 atom stereocenters. The second kappa shape index (κ2) is 8.56. The number of nitrogens with one attached hydrogen (secondary N) is 1. The Morgan fingerprint density at radius 1 is 1.00 bits per heavy atom. The van der Waals surface area contributed by atoms with Gasteiger partial charge < -0.3 is 24.3 Å². The smallest absolute Gasteiger partial charge is 0.273 e. The summed E-state index contributed by atoms with van der Waals surface area (Å²) in [6, 6.07) is 8.80. The van der Waals surface area contributed by atoms with Gasteiger partial charge >= 0.3 is 0 Å². The van der Waals surface area contributed by atoms with E-state index in [0.717, 1.165) is 0 Å². The highest BCUT2D eigenvalue weighted by molar-refractivity contribution is 5.93. The van der Waals surface area contributed by atoms with Crippen LogP contribution in [0.4, 0.5) is 11.4 Å². The second-order valence-electron chi connectivity index (χ2n) is 5.00. The minimum Gasteiger partial charge on any atom is -0.497 e. The average Bonchev–Trinajstić information content (AvgIpc) is 2.66. The van der Waals surface area contributed by atoms with Crippen LogP contribution < -0.4 is 24.3 Å². The van der Waals surface area contributed by atoms with E-state index in [1.807, 2.05) is 0 Å². The van der Waals surface area contributed by atoms with Crippen LogP contribution in [0.5, 0.6) is 23.0 Å². The summed E-state index contributed by atoms with van der Waals surface area (Å²) in [5.74, 6) is 0.911. The van der Waals surface area contributed by atoms with Crippen molar-refractivity contribution in [1.29, 1.82) is 0 Å². The molecule has 2 aromatic rings. The summed E-state index contributed by atoms with van der Waals surface area (Å²) in [5.41, 5.74) is 0.269. The van der Waals surface area contributed by atoms with Crippen LogP contribution in [-0.4, -0.2) is 38.8 Å². The fourth-order valence-corrected chi connectivity index (χ4v) is 2.12. The zero-order valence-electron chi connectivity index (χ0n) is 14.5. The van der Waals surface area contributed by atoms with Gasteiger partial charge in [0, 0.05) is 12.1 Å². The number of nitrogens with zero attached hydrogens (tertiary/aromatic N) is 1. The van der Waals surface area contributed by atoms with Gasteiger partial charge in [-0.25, -0.2) is 0 Å². The fourth-order valence-electron chi connectivity index (χ4n) is 2.12. The standard InChI is InChI=1S/C17H18N2O7/c1-23-12-5-6-13(15(9-12)25-3)18-17(20)10-26-16-8-11(19(21)22)4-7-14(16)24-2/h4-9H,10H2,1-3H3,(H,18,20). The van der Waals surface area contributed by atoms with E-state index >= 15 is 0 Å². The van der Waals surface area contributed by atoms with E-state index in [-0.39, 0.29) is 23.8 Å².